The van der Waals surface area contributed by atoms with E-state index in [1.807, 2.05) is 0 Å². The maximum absolute atomic E-state index is 2.36. The Hall–Kier alpha value is -1.56. The van der Waals surface area contributed by atoms with Crippen LogP contribution in [-0.4, -0.2) is 0 Å². The van der Waals surface area contributed by atoms with E-state index < -0.39 is 0 Å². The molecule has 0 spiro atoms. The lowest BCUT2D eigenvalue weighted by Crippen LogP contribution is -2.08. The van der Waals surface area contributed by atoms with Crippen LogP contribution in [0.1, 0.15) is 30.4 Å². The van der Waals surface area contributed by atoms with Gasteiger partial charge in [0.25, 0.3) is 0 Å². The van der Waals surface area contributed by atoms with Crippen LogP contribution in [0.4, 0.5) is 0 Å². The predicted octanol–water partition coefficient (Wildman–Crippen LogP) is 4.32. The summed E-state index contributed by atoms with van der Waals surface area (Å²) in [4.78, 5) is 0. The highest BCUT2D eigenvalue weighted by atomic mass is 14.3. The van der Waals surface area contributed by atoms with E-state index in [1.54, 1.807) is 5.57 Å². The van der Waals surface area contributed by atoms with Crippen molar-refractivity contribution in [2.75, 3.05) is 0 Å². The van der Waals surface area contributed by atoms with Crippen molar-refractivity contribution in [2.24, 2.45) is 5.92 Å². The van der Waals surface area contributed by atoms with Crippen molar-refractivity contribution in [1.82, 2.24) is 0 Å². The van der Waals surface area contributed by atoms with Crippen LogP contribution in [0.2, 0.25) is 0 Å². The van der Waals surface area contributed by atoms with Gasteiger partial charge in [-0.2, -0.15) is 0 Å². The summed E-state index contributed by atoms with van der Waals surface area (Å²) in [6.07, 6.45) is 12.5. The van der Waals surface area contributed by atoms with Gasteiger partial charge < -0.3 is 0 Å². The third-order valence-corrected chi connectivity index (χ3v) is 3.76. The zero-order valence-corrected chi connectivity index (χ0v) is 9.56. The highest BCUT2D eigenvalue weighted by molar-refractivity contribution is 5.63. The number of hydrogen-bond acceptors (Lipinski definition) is 0. The molecule has 0 amide bonds. The lowest BCUT2D eigenvalue weighted by atomic mass is 9.83. The van der Waals surface area contributed by atoms with Gasteiger partial charge in [0.05, 0.1) is 0 Å². The van der Waals surface area contributed by atoms with E-state index in [0.29, 0.717) is 11.8 Å². The van der Waals surface area contributed by atoms with Crippen molar-refractivity contribution in [3.8, 4) is 0 Å². The van der Waals surface area contributed by atoms with Crippen molar-refractivity contribution in [2.45, 2.75) is 19.3 Å². The molecule has 0 heterocycles. The first-order valence-electron chi connectivity index (χ1n) is 5.99. The first-order chi connectivity index (χ1) is 7.86. The third kappa shape index (κ3) is 1.46. The number of allylic oxidation sites excluding steroid dienone is 5. The zero-order valence-electron chi connectivity index (χ0n) is 9.56. The number of benzene rings is 1. The maximum Gasteiger partial charge on any atom is 0.00903 e. The molecule has 2 atom stereocenters. The molecule has 2 unspecified atom stereocenters. The molecule has 2 aliphatic carbocycles. The standard InChI is InChI=1S/C16H16/c1-12(13-6-2-3-7-13)15-11-10-14-8-4-5-9-16(14)15/h2-6,8-12,15H,7H2,1H3. The van der Waals surface area contributed by atoms with Crippen LogP contribution in [0.15, 0.2) is 54.1 Å². The molecule has 0 radical (unpaired) electrons. The van der Waals surface area contributed by atoms with Gasteiger partial charge in [-0.05, 0) is 23.5 Å². The Labute approximate surface area is 97.0 Å². The third-order valence-electron chi connectivity index (χ3n) is 3.76. The molecule has 0 N–H and O–H groups in total. The van der Waals surface area contributed by atoms with Crippen LogP contribution in [0.3, 0.4) is 0 Å². The Bertz CT molecular complexity index is 489. The lowest BCUT2D eigenvalue weighted by molar-refractivity contribution is 0.604. The van der Waals surface area contributed by atoms with E-state index in [0.717, 1.165) is 6.42 Å². The molecule has 16 heavy (non-hydrogen) atoms. The lowest BCUT2D eigenvalue weighted by Gasteiger charge is -2.20. The van der Waals surface area contributed by atoms with Gasteiger partial charge in [0.1, 0.15) is 0 Å². The van der Waals surface area contributed by atoms with E-state index in [9.17, 15) is 0 Å². The molecular formula is C16H16. The molecule has 3 rings (SSSR count). The van der Waals surface area contributed by atoms with Gasteiger partial charge in [0, 0.05) is 5.92 Å². The smallest absolute Gasteiger partial charge is 0.00903 e. The summed E-state index contributed by atoms with van der Waals surface area (Å²) < 4.78 is 0. The Morgan fingerprint density at radius 2 is 2.12 bits per heavy atom. The second-order valence-corrected chi connectivity index (χ2v) is 4.68. The molecular weight excluding hydrogens is 192 g/mol. The van der Waals surface area contributed by atoms with Crippen molar-refractivity contribution in [3.05, 3.63) is 65.3 Å². The fourth-order valence-electron chi connectivity index (χ4n) is 2.75. The molecule has 0 aromatic heterocycles. The summed E-state index contributed by atoms with van der Waals surface area (Å²) >= 11 is 0. The van der Waals surface area contributed by atoms with E-state index in [1.165, 1.54) is 11.1 Å². The highest BCUT2D eigenvalue weighted by Gasteiger charge is 2.24. The van der Waals surface area contributed by atoms with Gasteiger partial charge >= 0.3 is 0 Å². The van der Waals surface area contributed by atoms with Gasteiger partial charge in [0.15, 0.2) is 0 Å². The topological polar surface area (TPSA) is 0 Å². The Kier molecular flexibility index (Phi) is 2.28. The summed E-state index contributed by atoms with van der Waals surface area (Å²) in [7, 11) is 0. The quantitative estimate of drug-likeness (QED) is 0.679. The van der Waals surface area contributed by atoms with Crippen LogP contribution < -0.4 is 0 Å². The zero-order chi connectivity index (χ0) is 11.0. The molecule has 0 saturated carbocycles. The average Bonchev–Trinajstić information content (AvgIpc) is 2.98. The van der Waals surface area contributed by atoms with Gasteiger partial charge in [-0.3, -0.25) is 0 Å². The predicted molar refractivity (Wildman–Crippen MR) is 69.2 cm³/mol. The summed E-state index contributed by atoms with van der Waals surface area (Å²) in [5.41, 5.74) is 4.44. The molecule has 80 valence electrons. The minimum absolute atomic E-state index is 0.572. The summed E-state index contributed by atoms with van der Waals surface area (Å²) in [5.74, 6) is 1.19. The summed E-state index contributed by atoms with van der Waals surface area (Å²) in [6, 6.07) is 8.73. The van der Waals surface area contributed by atoms with E-state index in [-0.39, 0.29) is 0 Å². The molecule has 2 aliphatic rings. The van der Waals surface area contributed by atoms with E-state index in [4.69, 9.17) is 0 Å². The van der Waals surface area contributed by atoms with Crippen molar-refractivity contribution >= 4 is 6.08 Å². The second-order valence-electron chi connectivity index (χ2n) is 4.68. The van der Waals surface area contributed by atoms with Crippen LogP contribution in [0.5, 0.6) is 0 Å². The minimum atomic E-state index is 0.572. The molecule has 0 fully saturated rings. The average molecular weight is 208 g/mol. The monoisotopic (exact) mass is 208 g/mol. The van der Waals surface area contributed by atoms with Crippen molar-refractivity contribution in [3.63, 3.8) is 0 Å². The summed E-state index contributed by atoms with van der Waals surface area (Å²) in [5, 5.41) is 0. The SMILES string of the molecule is CC(C1=CC=CC1)C1C=Cc2ccccc21. The molecule has 1 aromatic carbocycles. The normalized spacial score (nSPS) is 23.3. The molecule has 0 aliphatic heterocycles. The van der Waals surface area contributed by atoms with E-state index in [2.05, 4.69) is 61.6 Å². The first-order valence-corrected chi connectivity index (χ1v) is 5.99. The molecule has 0 bridgehead atoms. The number of fused-ring (bicyclic) bond motifs is 1. The van der Waals surface area contributed by atoms with Gasteiger partial charge in [-0.15, -0.1) is 0 Å². The summed E-state index contributed by atoms with van der Waals surface area (Å²) in [6.45, 7) is 2.34. The van der Waals surface area contributed by atoms with Gasteiger partial charge in [0.2, 0.25) is 0 Å². The van der Waals surface area contributed by atoms with Crippen molar-refractivity contribution < 1.29 is 0 Å². The number of hydrogen-bond donors (Lipinski definition) is 0. The molecule has 1 aromatic rings. The number of rotatable bonds is 2. The van der Waals surface area contributed by atoms with Gasteiger partial charge in [-0.25, -0.2) is 0 Å². The van der Waals surface area contributed by atoms with Crippen LogP contribution in [0, 0.1) is 5.92 Å². The maximum atomic E-state index is 2.36. The van der Waals surface area contributed by atoms with Gasteiger partial charge in [-0.1, -0.05) is 67.1 Å². The Morgan fingerprint density at radius 1 is 1.25 bits per heavy atom. The molecule has 0 heteroatoms. The van der Waals surface area contributed by atoms with Crippen LogP contribution in [-0.2, 0) is 0 Å². The Morgan fingerprint density at radius 3 is 2.94 bits per heavy atom. The minimum Gasteiger partial charge on any atom is -0.0805 e. The fourth-order valence-corrected chi connectivity index (χ4v) is 2.75. The fraction of sp³-hybridized carbons (Fsp3) is 0.250. The molecule has 0 saturated heterocycles. The Balaban J connectivity index is 1.90. The van der Waals surface area contributed by atoms with Crippen LogP contribution >= 0.6 is 0 Å². The largest absolute Gasteiger partial charge is 0.0805 e. The van der Waals surface area contributed by atoms with Crippen molar-refractivity contribution in [1.29, 1.82) is 0 Å². The molecule has 0 nitrogen and oxygen atoms in total. The van der Waals surface area contributed by atoms with Crippen LogP contribution in [0.25, 0.3) is 6.08 Å². The highest BCUT2D eigenvalue weighted by Crippen LogP contribution is 2.39. The van der Waals surface area contributed by atoms with E-state index >= 15 is 0 Å². The first kappa shape index (κ1) is 9.65. The second kappa shape index (κ2) is 3.79.